The molecule has 1 rings (SSSR count). The van der Waals surface area contributed by atoms with E-state index in [9.17, 15) is 8.42 Å². The van der Waals surface area contributed by atoms with Crippen LogP contribution in [-0.2, 0) is 16.4 Å². The van der Waals surface area contributed by atoms with Crippen molar-refractivity contribution in [2.24, 2.45) is 5.73 Å². The third-order valence-corrected chi connectivity index (χ3v) is 4.25. The second-order valence-corrected chi connectivity index (χ2v) is 6.03. The van der Waals surface area contributed by atoms with Crippen LogP contribution in [0.4, 0.5) is 5.69 Å². The van der Waals surface area contributed by atoms with Crippen molar-refractivity contribution in [3.8, 4) is 0 Å². The fourth-order valence-corrected chi connectivity index (χ4v) is 2.23. The van der Waals surface area contributed by atoms with Crippen molar-refractivity contribution >= 4 is 21.5 Å². The van der Waals surface area contributed by atoms with Crippen molar-refractivity contribution in [1.29, 1.82) is 5.41 Å². The van der Waals surface area contributed by atoms with Crippen LogP contribution in [0.15, 0.2) is 24.3 Å². The van der Waals surface area contributed by atoms with Gasteiger partial charge < -0.3 is 5.73 Å². The number of nitrogens with two attached hydrogens (primary N) is 1. The largest absolute Gasteiger partial charge is 0.387 e. The first-order valence-corrected chi connectivity index (χ1v) is 6.86. The second-order valence-electron chi connectivity index (χ2n) is 3.74. The summed E-state index contributed by atoms with van der Waals surface area (Å²) in [7, 11) is -1.69. The van der Waals surface area contributed by atoms with E-state index >= 15 is 0 Å². The van der Waals surface area contributed by atoms with E-state index in [1.54, 1.807) is 31.2 Å². The SMILES string of the molecule is CCS(=O)(=O)N(C)c1ccc(CC(=N)N)cc1. The van der Waals surface area contributed by atoms with Gasteiger partial charge in [-0.25, -0.2) is 8.42 Å². The Bertz CT molecular complexity index is 494. The van der Waals surface area contributed by atoms with Gasteiger partial charge in [0.1, 0.15) is 0 Å². The molecule has 0 unspecified atom stereocenters. The van der Waals surface area contributed by atoms with Crippen LogP contribution in [0.1, 0.15) is 12.5 Å². The van der Waals surface area contributed by atoms with Crippen molar-refractivity contribution in [2.75, 3.05) is 17.1 Å². The van der Waals surface area contributed by atoms with Crippen LogP contribution in [0.3, 0.4) is 0 Å². The number of anilines is 1. The van der Waals surface area contributed by atoms with Crippen LogP contribution in [0.5, 0.6) is 0 Å². The number of rotatable bonds is 5. The van der Waals surface area contributed by atoms with Crippen molar-refractivity contribution < 1.29 is 8.42 Å². The topological polar surface area (TPSA) is 87.2 Å². The number of benzene rings is 1. The van der Waals surface area contributed by atoms with Crippen molar-refractivity contribution in [3.05, 3.63) is 29.8 Å². The third-order valence-electron chi connectivity index (χ3n) is 2.48. The molecule has 0 bridgehead atoms. The molecule has 0 radical (unpaired) electrons. The number of amidine groups is 1. The highest BCUT2D eigenvalue weighted by Gasteiger charge is 2.15. The Balaban J connectivity index is 2.91. The van der Waals surface area contributed by atoms with E-state index < -0.39 is 10.0 Å². The van der Waals surface area contributed by atoms with Crippen LogP contribution < -0.4 is 10.0 Å². The fourth-order valence-electron chi connectivity index (χ4n) is 1.40. The van der Waals surface area contributed by atoms with Crippen molar-refractivity contribution in [2.45, 2.75) is 13.3 Å². The van der Waals surface area contributed by atoms with Crippen LogP contribution in [0, 0.1) is 5.41 Å². The van der Waals surface area contributed by atoms with Gasteiger partial charge in [0.05, 0.1) is 17.3 Å². The summed E-state index contributed by atoms with van der Waals surface area (Å²) >= 11 is 0. The first-order valence-electron chi connectivity index (χ1n) is 5.25. The third kappa shape index (κ3) is 3.45. The standard InChI is InChI=1S/C11H17N3O2S/c1-3-17(15,16)14(2)10-6-4-9(5-7-10)8-11(12)13/h4-7H,3,8H2,1-2H3,(H3,12,13). The van der Waals surface area contributed by atoms with E-state index in [0.717, 1.165) is 5.56 Å². The van der Waals surface area contributed by atoms with Gasteiger partial charge in [-0.05, 0) is 24.6 Å². The summed E-state index contributed by atoms with van der Waals surface area (Å²) in [5.74, 6) is 0.158. The zero-order valence-corrected chi connectivity index (χ0v) is 10.8. The molecule has 0 aliphatic carbocycles. The van der Waals surface area contributed by atoms with Gasteiger partial charge in [0.25, 0.3) is 0 Å². The molecule has 0 atom stereocenters. The minimum Gasteiger partial charge on any atom is -0.387 e. The molecular weight excluding hydrogens is 238 g/mol. The quantitative estimate of drug-likeness (QED) is 0.606. The molecule has 0 heterocycles. The van der Waals surface area contributed by atoms with Crippen LogP contribution in [0.2, 0.25) is 0 Å². The molecular formula is C11H17N3O2S. The number of hydrogen-bond donors (Lipinski definition) is 2. The van der Waals surface area contributed by atoms with E-state index in [1.807, 2.05) is 0 Å². The zero-order valence-electron chi connectivity index (χ0n) is 9.97. The Morgan fingerprint density at radius 2 is 1.88 bits per heavy atom. The molecule has 0 aliphatic heterocycles. The smallest absolute Gasteiger partial charge is 0.234 e. The second kappa shape index (κ2) is 5.18. The van der Waals surface area contributed by atoms with Crippen LogP contribution >= 0.6 is 0 Å². The van der Waals surface area contributed by atoms with Crippen molar-refractivity contribution in [1.82, 2.24) is 0 Å². The molecule has 94 valence electrons. The number of hydrogen-bond acceptors (Lipinski definition) is 3. The molecule has 0 fully saturated rings. The highest BCUT2D eigenvalue weighted by Crippen LogP contribution is 2.17. The summed E-state index contributed by atoms with van der Waals surface area (Å²) in [5, 5.41) is 7.17. The number of nitrogens with zero attached hydrogens (tertiary/aromatic N) is 1. The van der Waals surface area contributed by atoms with Gasteiger partial charge >= 0.3 is 0 Å². The molecule has 0 saturated carbocycles. The van der Waals surface area contributed by atoms with E-state index in [2.05, 4.69) is 0 Å². The monoisotopic (exact) mass is 255 g/mol. The molecule has 0 aromatic heterocycles. The van der Waals surface area contributed by atoms with Gasteiger partial charge in [-0.15, -0.1) is 0 Å². The Hall–Kier alpha value is -1.56. The van der Waals surface area contributed by atoms with E-state index in [1.165, 1.54) is 11.4 Å². The van der Waals surface area contributed by atoms with E-state index in [0.29, 0.717) is 12.1 Å². The summed E-state index contributed by atoms with van der Waals surface area (Å²) in [4.78, 5) is 0. The van der Waals surface area contributed by atoms with Gasteiger partial charge in [0, 0.05) is 13.5 Å². The average Bonchev–Trinajstić information content (AvgIpc) is 2.28. The maximum Gasteiger partial charge on any atom is 0.234 e. The number of nitrogens with one attached hydrogen (secondary N) is 1. The zero-order chi connectivity index (χ0) is 13.1. The molecule has 6 heteroatoms. The Morgan fingerprint density at radius 3 is 2.29 bits per heavy atom. The number of sulfonamides is 1. The van der Waals surface area contributed by atoms with Gasteiger partial charge in [0.15, 0.2) is 0 Å². The van der Waals surface area contributed by atoms with Crippen molar-refractivity contribution in [3.63, 3.8) is 0 Å². The molecule has 5 nitrogen and oxygen atoms in total. The molecule has 17 heavy (non-hydrogen) atoms. The maximum absolute atomic E-state index is 11.6. The summed E-state index contributed by atoms with van der Waals surface area (Å²) in [6.07, 6.45) is 0.379. The molecule has 0 amide bonds. The van der Waals surface area contributed by atoms with E-state index in [-0.39, 0.29) is 11.6 Å². The average molecular weight is 255 g/mol. The van der Waals surface area contributed by atoms with Gasteiger partial charge in [-0.3, -0.25) is 9.71 Å². The Labute approximate surface area is 102 Å². The highest BCUT2D eigenvalue weighted by atomic mass is 32.2. The normalized spacial score (nSPS) is 11.2. The van der Waals surface area contributed by atoms with Gasteiger partial charge in [-0.1, -0.05) is 12.1 Å². The summed E-state index contributed by atoms with van der Waals surface area (Å²) in [6.45, 7) is 1.61. The fraction of sp³-hybridized carbons (Fsp3) is 0.364. The molecule has 1 aromatic rings. The lowest BCUT2D eigenvalue weighted by molar-refractivity contribution is 0.595. The Kier molecular flexibility index (Phi) is 4.11. The predicted octanol–water partition coefficient (Wildman–Crippen LogP) is 0.951. The lowest BCUT2D eigenvalue weighted by Crippen LogP contribution is -2.27. The first-order chi connectivity index (χ1) is 7.86. The summed E-state index contributed by atoms with van der Waals surface area (Å²) in [5.41, 5.74) is 6.79. The molecule has 3 N–H and O–H groups in total. The first kappa shape index (κ1) is 13.5. The predicted molar refractivity (Wildman–Crippen MR) is 69.9 cm³/mol. The van der Waals surface area contributed by atoms with E-state index in [4.69, 9.17) is 11.1 Å². The minimum absolute atomic E-state index is 0.0682. The molecule has 0 saturated heterocycles. The summed E-state index contributed by atoms with van der Waals surface area (Å²) in [6, 6.07) is 6.98. The minimum atomic E-state index is -3.22. The maximum atomic E-state index is 11.6. The lowest BCUT2D eigenvalue weighted by atomic mass is 10.1. The Morgan fingerprint density at radius 1 is 1.35 bits per heavy atom. The lowest BCUT2D eigenvalue weighted by Gasteiger charge is -2.18. The van der Waals surface area contributed by atoms with Crippen LogP contribution in [0.25, 0.3) is 0 Å². The highest BCUT2D eigenvalue weighted by molar-refractivity contribution is 7.92. The van der Waals surface area contributed by atoms with Crippen LogP contribution in [-0.4, -0.2) is 27.1 Å². The summed E-state index contributed by atoms with van der Waals surface area (Å²) < 4.78 is 24.5. The van der Waals surface area contributed by atoms with Gasteiger partial charge in [0.2, 0.25) is 10.0 Å². The van der Waals surface area contributed by atoms with Gasteiger partial charge in [-0.2, -0.15) is 0 Å². The molecule has 0 aliphatic rings. The molecule has 0 spiro atoms. The molecule has 1 aromatic carbocycles.